The molecule has 0 radical (unpaired) electrons. The van der Waals surface area contributed by atoms with Crippen LogP contribution in [0.3, 0.4) is 0 Å². The fourth-order valence-corrected chi connectivity index (χ4v) is 3.23. The summed E-state index contributed by atoms with van der Waals surface area (Å²) in [6.45, 7) is 0.362. The molecule has 0 unspecified atom stereocenters. The number of hydrogen-bond donors (Lipinski definition) is 1. The van der Waals surface area contributed by atoms with Gasteiger partial charge in [0.2, 0.25) is 5.91 Å². The van der Waals surface area contributed by atoms with Crippen LogP contribution >= 0.6 is 23.2 Å². The number of ether oxygens (including phenoxy) is 1. The summed E-state index contributed by atoms with van der Waals surface area (Å²) in [7, 11) is 1.59. The summed E-state index contributed by atoms with van der Waals surface area (Å²) in [5.41, 5.74) is 2.49. The molecule has 6 heteroatoms. The van der Waals surface area contributed by atoms with Gasteiger partial charge in [-0.15, -0.1) is 0 Å². The number of nitrogens with one attached hydrogen (secondary N) is 1. The van der Waals surface area contributed by atoms with Gasteiger partial charge in [-0.2, -0.15) is 0 Å². The zero-order valence-corrected chi connectivity index (χ0v) is 18.4. The molecule has 0 aliphatic carbocycles. The first-order chi connectivity index (χ1) is 15.0. The fraction of sp³-hybridized carbons (Fsp3) is 0.120. The van der Waals surface area contributed by atoms with E-state index in [1.165, 1.54) is 6.07 Å². The van der Waals surface area contributed by atoms with Crippen molar-refractivity contribution in [1.82, 2.24) is 5.32 Å². The minimum Gasteiger partial charge on any atom is -0.497 e. The number of Topliss-reactive ketones (excluding diaryl/α,β-unsaturated/α-hetero) is 1. The van der Waals surface area contributed by atoms with E-state index in [-0.39, 0.29) is 18.1 Å². The Balaban J connectivity index is 1.83. The van der Waals surface area contributed by atoms with Crippen LogP contribution in [0.1, 0.15) is 27.9 Å². The first-order valence-electron chi connectivity index (χ1n) is 9.61. The number of halogens is 2. The molecular weight excluding hydrogens is 433 g/mol. The summed E-state index contributed by atoms with van der Waals surface area (Å²) in [6.07, 6.45) is 1.62. The lowest BCUT2D eigenvalue weighted by atomic mass is 10.00. The lowest BCUT2D eigenvalue weighted by Gasteiger charge is -2.10. The number of rotatable bonds is 8. The Morgan fingerprint density at radius 1 is 0.935 bits per heavy atom. The third kappa shape index (κ3) is 6.45. The third-order valence-corrected chi connectivity index (χ3v) is 5.38. The lowest BCUT2D eigenvalue weighted by molar-refractivity contribution is -0.117. The molecule has 0 saturated carbocycles. The quantitative estimate of drug-likeness (QED) is 0.337. The molecule has 3 rings (SSSR count). The molecule has 3 aromatic carbocycles. The van der Waals surface area contributed by atoms with E-state index in [0.29, 0.717) is 33.5 Å². The first kappa shape index (κ1) is 22.6. The van der Waals surface area contributed by atoms with Crippen molar-refractivity contribution < 1.29 is 14.3 Å². The Hall–Kier alpha value is -3.08. The number of methoxy groups -OCH3 is 1. The summed E-state index contributed by atoms with van der Waals surface area (Å²) in [5.74, 6) is 0.167. The van der Waals surface area contributed by atoms with Crippen LogP contribution in [0.4, 0.5) is 0 Å². The fourth-order valence-electron chi connectivity index (χ4n) is 2.93. The zero-order valence-electron chi connectivity index (χ0n) is 16.9. The maximum atomic E-state index is 12.9. The second-order valence-corrected chi connectivity index (χ2v) is 7.65. The first-order valence-corrected chi connectivity index (χ1v) is 10.4. The monoisotopic (exact) mass is 453 g/mol. The van der Waals surface area contributed by atoms with Gasteiger partial charge in [0.05, 0.1) is 17.2 Å². The predicted molar refractivity (Wildman–Crippen MR) is 125 cm³/mol. The molecule has 31 heavy (non-hydrogen) atoms. The molecule has 158 valence electrons. The lowest BCUT2D eigenvalue weighted by Crippen LogP contribution is -2.25. The number of amides is 1. The van der Waals surface area contributed by atoms with Gasteiger partial charge in [0.1, 0.15) is 5.75 Å². The topological polar surface area (TPSA) is 55.4 Å². The number of carbonyl (C=O) groups excluding carboxylic acids is 2. The van der Waals surface area contributed by atoms with Crippen molar-refractivity contribution in [1.29, 1.82) is 0 Å². The second kappa shape index (κ2) is 10.8. The van der Waals surface area contributed by atoms with Crippen molar-refractivity contribution in [3.05, 3.63) is 105 Å². The minimum atomic E-state index is -0.312. The maximum Gasteiger partial charge on any atom is 0.247 e. The van der Waals surface area contributed by atoms with Gasteiger partial charge in [-0.1, -0.05) is 65.7 Å². The van der Waals surface area contributed by atoms with Crippen molar-refractivity contribution in [2.45, 2.75) is 13.0 Å². The van der Waals surface area contributed by atoms with Gasteiger partial charge in [-0.25, -0.2) is 0 Å². The second-order valence-electron chi connectivity index (χ2n) is 6.84. The van der Waals surface area contributed by atoms with Crippen molar-refractivity contribution >= 4 is 41.0 Å². The highest BCUT2D eigenvalue weighted by atomic mass is 35.5. The highest BCUT2D eigenvalue weighted by Crippen LogP contribution is 2.24. The van der Waals surface area contributed by atoms with Crippen LogP contribution < -0.4 is 10.1 Å². The number of ketones is 1. The van der Waals surface area contributed by atoms with E-state index >= 15 is 0 Å². The van der Waals surface area contributed by atoms with Crippen LogP contribution in [0, 0.1) is 0 Å². The Morgan fingerprint density at radius 3 is 2.29 bits per heavy atom. The minimum absolute atomic E-state index is 0.0788. The van der Waals surface area contributed by atoms with Gasteiger partial charge in [-0.3, -0.25) is 9.59 Å². The highest BCUT2D eigenvalue weighted by molar-refractivity contribution is 6.42. The summed E-state index contributed by atoms with van der Waals surface area (Å²) in [6, 6.07) is 21.5. The van der Waals surface area contributed by atoms with E-state index < -0.39 is 0 Å². The Bertz CT molecular complexity index is 1090. The zero-order chi connectivity index (χ0) is 22.2. The molecule has 0 aliphatic heterocycles. The van der Waals surface area contributed by atoms with Gasteiger partial charge in [0.25, 0.3) is 0 Å². The normalized spacial score (nSPS) is 11.1. The summed E-state index contributed by atoms with van der Waals surface area (Å²) >= 11 is 12.0. The number of benzene rings is 3. The highest BCUT2D eigenvalue weighted by Gasteiger charge is 2.16. The maximum absolute atomic E-state index is 12.9. The molecule has 0 atom stereocenters. The van der Waals surface area contributed by atoms with Gasteiger partial charge < -0.3 is 10.1 Å². The van der Waals surface area contributed by atoms with Crippen LogP contribution in [-0.4, -0.2) is 18.8 Å². The summed E-state index contributed by atoms with van der Waals surface area (Å²) in [5, 5.41) is 3.55. The molecule has 1 amide bonds. The summed E-state index contributed by atoms with van der Waals surface area (Å²) in [4.78, 5) is 25.8. The van der Waals surface area contributed by atoms with Gasteiger partial charge in [-0.05, 0) is 47.5 Å². The standard InChI is InChI=1S/C25H21Cl2NO3/c1-31-21-10-7-17(8-11-21)13-20(25(30)28-16-18-5-3-2-4-6-18)15-24(29)19-9-12-22(26)23(27)14-19/h2-14H,15-16H2,1H3,(H,28,30)/b20-13+. The smallest absolute Gasteiger partial charge is 0.247 e. The van der Waals surface area contributed by atoms with E-state index in [4.69, 9.17) is 27.9 Å². The average molecular weight is 454 g/mol. The van der Waals surface area contributed by atoms with Gasteiger partial charge in [0.15, 0.2) is 5.78 Å². The molecule has 1 N–H and O–H groups in total. The molecular formula is C25H21Cl2NO3. The molecule has 0 bridgehead atoms. The van der Waals surface area contributed by atoms with Crippen LogP contribution in [0.2, 0.25) is 10.0 Å². The molecule has 3 aromatic rings. The van der Waals surface area contributed by atoms with Crippen molar-refractivity contribution in [2.75, 3.05) is 7.11 Å². The van der Waals surface area contributed by atoms with Crippen LogP contribution in [-0.2, 0) is 11.3 Å². The SMILES string of the molecule is COc1ccc(/C=C(\CC(=O)c2ccc(Cl)c(Cl)c2)C(=O)NCc2ccccc2)cc1. The van der Waals surface area contributed by atoms with E-state index in [1.807, 2.05) is 42.5 Å². The molecule has 0 aromatic heterocycles. The van der Waals surface area contributed by atoms with Crippen LogP contribution in [0.5, 0.6) is 5.75 Å². The average Bonchev–Trinajstić information content (AvgIpc) is 2.80. The van der Waals surface area contributed by atoms with E-state index in [1.54, 1.807) is 37.5 Å². The largest absolute Gasteiger partial charge is 0.497 e. The molecule has 0 spiro atoms. The van der Waals surface area contributed by atoms with E-state index in [0.717, 1.165) is 11.1 Å². The van der Waals surface area contributed by atoms with Crippen molar-refractivity contribution in [3.63, 3.8) is 0 Å². The summed E-state index contributed by atoms with van der Waals surface area (Å²) < 4.78 is 5.18. The Morgan fingerprint density at radius 2 is 1.65 bits per heavy atom. The van der Waals surface area contributed by atoms with Gasteiger partial charge in [0, 0.05) is 24.1 Å². The molecule has 0 saturated heterocycles. The van der Waals surface area contributed by atoms with E-state index in [9.17, 15) is 9.59 Å². The van der Waals surface area contributed by atoms with E-state index in [2.05, 4.69) is 5.32 Å². The van der Waals surface area contributed by atoms with Gasteiger partial charge >= 0.3 is 0 Å². The Kier molecular flexibility index (Phi) is 7.88. The third-order valence-electron chi connectivity index (χ3n) is 4.64. The molecule has 4 nitrogen and oxygen atoms in total. The van der Waals surface area contributed by atoms with Crippen molar-refractivity contribution in [2.24, 2.45) is 0 Å². The number of hydrogen-bond acceptors (Lipinski definition) is 3. The molecule has 0 fully saturated rings. The molecule has 0 aliphatic rings. The van der Waals surface area contributed by atoms with Crippen molar-refractivity contribution in [3.8, 4) is 5.75 Å². The number of carbonyl (C=O) groups is 2. The van der Waals surface area contributed by atoms with Crippen LogP contribution in [0.15, 0.2) is 78.4 Å². The van der Waals surface area contributed by atoms with Crippen LogP contribution in [0.25, 0.3) is 6.08 Å². The Labute approximate surface area is 191 Å². The predicted octanol–water partition coefficient (Wildman–Crippen LogP) is 5.97. The molecule has 0 heterocycles.